The third-order valence-corrected chi connectivity index (χ3v) is 5.11. The molecule has 0 amide bonds. The predicted molar refractivity (Wildman–Crippen MR) is 101 cm³/mol. The normalized spacial score (nSPS) is 20.0. The Morgan fingerprint density at radius 2 is 1.96 bits per heavy atom. The van der Waals surface area contributed by atoms with Gasteiger partial charge in [0.2, 0.25) is 0 Å². The van der Waals surface area contributed by atoms with Crippen LogP contribution in [0.25, 0.3) is 0 Å². The minimum Gasteiger partial charge on any atom is -0.481 e. The van der Waals surface area contributed by atoms with Crippen molar-refractivity contribution >= 4 is 17.5 Å². The summed E-state index contributed by atoms with van der Waals surface area (Å²) in [6.45, 7) is 1.96. The zero-order valence-corrected chi connectivity index (χ0v) is 15.4. The van der Waals surface area contributed by atoms with Gasteiger partial charge in [-0.2, -0.15) is 0 Å². The molecule has 0 bridgehead atoms. The Morgan fingerprint density at radius 1 is 1.19 bits per heavy atom. The fourth-order valence-electron chi connectivity index (χ4n) is 3.64. The van der Waals surface area contributed by atoms with Crippen LogP contribution >= 0.6 is 0 Å². The van der Waals surface area contributed by atoms with Crippen molar-refractivity contribution in [1.29, 1.82) is 0 Å². The van der Waals surface area contributed by atoms with E-state index >= 15 is 0 Å². The highest BCUT2D eigenvalue weighted by atomic mass is 16.4. The molecule has 1 saturated carbocycles. The maximum absolute atomic E-state index is 12.3. The Hall–Kier alpha value is -2.23. The molecule has 4 heteroatoms. The fraction of sp³-hybridized carbons (Fsp3) is 0.500. The molecule has 1 aromatic rings. The van der Waals surface area contributed by atoms with E-state index in [-0.39, 0.29) is 24.0 Å². The first-order chi connectivity index (χ1) is 12.5. The van der Waals surface area contributed by atoms with Crippen molar-refractivity contribution in [3.05, 3.63) is 47.5 Å². The maximum atomic E-state index is 12.3. The largest absolute Gasteiger partial charge is 0.481 e. The van der Waals surface area contributed by atoms with E-state index in [9.17, 15) is 14.4 Å². The Labute approximate surface area is 155 Å². The molecule has 140 valence electrons. The van der Waals surface area contributed by atoms with Crippen molar-refractivity contribution in [1.82, 2.24) is 0 Å². The molecule has 1 fully saturated rings. The molecule has 1 N–H and O–H groups in total. The number of hydrogen-bond donors (Lipinski definition) is 1. The van der Waals surface area contributed by atoms with Gasteiger partial charge in [-0.3, -0.25) is 14.4 Å². The third kappa shape index (κ3) is 6.25. The van der Waals surface area contributed by atoms with Crippen LogP contribution < -0.4 is 0 Å². The first-order valence-electron chi connectivity index (χ1n) is 9.51. The Bertz CT molecular complexity index is 674. The first-order valence-corrected chi connectivity index (χ1v) is 9.51. The summed E-state index contributed by atoms with van der Waals surface area (Å²) in [5, 5.41) is 8.63. The lowest BCUT2D eigenvalue weighted by Crippen LogP contribution is -2.13. The SMILES string of the molecule is Cc1cccc(C(=O)C=CC2CCC(=O)C2CCCCCCC(=O)O)c1. The van der Waals surface area contributed by atoms with E-state index in [2.05, 4.69) is 0 Å². The summed E-state index contributed by atoms with van der Waals surface area (Å²) >= 11 is 0. The summed E-state index contributed by atoms with van der Waals surface area (Å²) in [5.74, 6) is -0.306. The van der Waals surface area contributed by atoms with Gasteiger partial charge in [0.25, 0.3) is 0 Å². The molecular weight excluding hydrogens is 328 g/mol. The van der Waals surface area contributed by atoms with E-state index in [1.54, 1.807) is 6.08 Å². The van der Waals surface area contributed by atoms with Crippen LogP contribution in [0.1, 0.15) is 67.3 Å². The van der Waals surface area contributed by atoms with Gasteiger partial charge in [-0.15, -0.1) is 0 Å². The van der Waals surface area contributed by atoms with Crippen LogP contribution in [0.5, 0.6) is 0 Å². The highest BCUT2D eigenvalue weighted by molar-refractivity contribution is 6.04. The number of benzene rings is 1. The molecule has 1 aromatic carbocycles. The van der Waals surface area contributed by atoms with E-state index in [4.69, 9.17) is 5.11 Å². The molecule has 2 unspecified atom stereocenters. The summed E-state index contributed by atoms with van der Waals surface area (Å²) in [5.41, 5.74) is 1.74. The van der Waals surface area contributed by atoms with E-state index in [1.165, 1.54) is 0 Å². The topological polar surface area (TPSA) is 71.4 Å². The van der Waals surface area contributed by atoms with Crippen LogP contribution in [0.2, 0.25) is 0 Å². The summed E-state index contributed by atoms with van der Waals surface area (Å²) in [4.78, 5) is 35.0. The monoisotopic (exact) mass is 356 g/mol. The van der Waals surface area contributed by atoms with Crippen LogP contribution in [0, 0.1) is 18.8 Å². The number of rotatable bonds is 10. The standard InChI is InChI=1S/C22H28O4/c1-16-7-6-8-18(15-16)20(23)13-11-17-12-14-21(24)19(17)9-4-2-3-5-10-22(25)26/h6-8,11,13,15,17,19H,2-5,9-10,12,14H2,1H3,(H,25,26). The quantitative estimate of drug-likeness (QED) is 0.373. The molecule has 2 rings (SSSR count). The average Bonchev–Trinajstić information content (AvgIpc) is 2.95. The molecule has 0 radical (unpaired) electrons. The van der Waals surface area contributed by atoms with Crippen LogP contribution in [-0.4, -0.2) is 22.6 Å². The number of aliphatic carboxylic acids is 1. The van der Waals surface area contributed by atoms with Crippen LogP contribution in [0.15, 0.2) is 36.4 Å². The molecule has 1 aliphatic rings. The molecule has 0 aliphatic heterocycles. The van der Waals surface area contributed by atoms with Crippen molar-refractivity contribution in [2.75, 3.05) is 0 Å². The number of carbonyl (C=O) groups excluding carboxylic acids is 2. The summed E-state index contributed by atoms with van der Waals surface area (Å²) in [6, 6.07) is 7.53. The fourth-order valence-corrected chi connectivity index (χ4v) is 3.64. The van der Waals surface area contributed by atoms with E-state index in [1.807, 2.05) is 37.3 Å². The lowest BCUT2D eigenvalue weighted by atomic mass is 9.89. The molecular formula is C22H28O4. The molecule has 4 nitrogen and oxygen atoms in total. The van der Waals surface area contributed by atoms with Crippen LogP contribution in [-0.2, 0) is 9.59 Å². The highest BCUT2D eigenvalue weighted by Gasteiger charge is 2.32. The van der Waals surface area contributed by atoms with Crippen molar-refractivity contribution < 1.29 is 19.5 Å². The number of Topliss-reactive ketones (excluding diaryl/α,β-unsaturated/α-hetero) is 1. The highest BCUT2D eigenvalue weighted by Crippen LogP contribution is 2.34. The number of aryl methyl sites for hydroxylation is 1. The predicted octanol–water partition coefficient (Wildman–Crippen LogP) is 4.75. The minimum atomic E-state index is -0.751. The number of hydrogen-bond acceptors (Lipinski definition) is 3. The molecule has 26 heavy (non-hydrogen) atoms. The van der Waals surface area contributed by atoms with Gasteiger partial charge >= 0.3 is 5.97 Å². The van der Waals surface area contributed by atoms with Crippen molar-refractivity contribution in [2.45, 2.75) is 58.3 Å². The van der Waals surface area contributed by atoms with Gasteiger partial charge in [0.1, 0.15) is 5.78 Å². The second-order valence-electron chi connectivity index (χ2n) is 7.21. The zero-order chi connectivity index (χ0) is 18.9. The summed E-state index contributed by atoms with van der Waals surface area (Å²) in [7, 11) is 0. The molecule has 2 atom stereocenters. The second kappa shape index (κ2) is 10.0. The number of carboxylic acids is 1. The Balaban J connectivity index is 1.82. The first kappa shape index (κ1) is 20.1. The average molecular weight is 356 g/mol. The lowest BCUT2D eigenvalue weighted by Gasteiger charge is -2.14. The molecule has 0 aromatic heterocycles. The second-order valence-corrected chi connectivity index (χ2v) is 7.21. The van der Waals surface area contributed by atoms with Crippen molar-refractivity contribution in [3.8, 4) is 0 Å². The smallest absolute Gasteiger partial charge is 0.303 e. The Morgan fingerprint density at radius 3 is 2.69 bits per heavy atom. The lowest BCUT2D eigenvalue weighted by molar-refractivity contribution is -0.137. The van der Waals surface area contributed by atoms with Gasteiger partial charge in [-0.25, -0.2) is 0 Å². The number of carbonyl (C=O) groups is 3. The minimum absolute atomic E-state index is 0.0102. The molecule has 0 heterocycles. The number of carboxylic acid groups (broad SMARTS) is 1. The van der Waals surface area contributed by atoms with Crippen molar-refractivity contribution in [2.24, 2.45) is 11.8 Å². The van der Waals surface area contributed by atoms with Crippen molar-refractivity contribution in [3.63, 3.8) is 0 Å². The maximum Gasteiger partial charge on any atom is 0.303 e. The summed E-state index contributed by atoms with van der Waals surface area (Å²) in [6.07, 6.45) is 9.48. The van der Waals surface area contributed by atoms with Gasteiger partial charge < -0.3 is 5.11 Å². The van der Waals surface area contributed by atoms with E-state index in [0.717, 1.165) is 37.7 Å². The van der Waals surface area contributed by atoms with Gasteiger partial charge in [0.15, 0.2) is 5.78 Å². The van der Waals surface area contributed by atoms with Gasteiger partial charge in [0.05, 0.1) is 0 Å². The number of unbranched alkanes of at least 4 members (excludes halogenated alkanes) is 3. The van der Waals surface area contributed by atoms with Crippen LogP contribution in [0.4, 0.5) is 0 Å². The number of ketones is 2. The summed E-state index contributed by atoms with van der Waals surface area (Å²) < 4.78 is 0. The van der Waals surface area contributed by atoms with Crippen LogP contribution in [0.3, 0.4) is 0 Å². The number of allylic oxidation sites excluding steroid dienone is 2. The van der Waals surface area contributed by atoms with E-state index < -0.39 is 5.97 Å². The zero-order valence-electron chi connectivity index (χ0n) is 15.4. The Kier molecular flexibility index (Phi) is 7.76. The third-order valence-electron chi connectivity index (χ3n) is 5.11. The molecule has 0 spiro atoms. The van der Waals surface area contributed by atoms with Gasteiger partial charge in [-0.1, -0.05) is 49.1 Å². The van der Waals surface area contributed by atoms with Gasteiger partial charge in [-0.05, 0) is 44.2 Å². The molecule has 1 aliphatic carbocycles. The van der Waals surface area contributed by atoms with Gasteiger partial charge in [0, 0.05) is 24.3 Å². The molecule has 0 saturated heterocycles. The van der Waals surface area contributed by atoms with E-state index in [0.29, 0.717) is 24.2 Å².